The number of fused-ring (bicyclic) bond motifs is 4. The standard InChI is InChI=1S/2C23H19FN2O2.C17H18N2O2.CH4/c2*1-15-19-12-13-26(18-10-8-17(24)9-11-18)22(28)23(19,14-20(25-2)21(15)27)16-6-4-3-5-7-16;1-11-14-7-8-18-16(20)17(14,13-5-3-2-4-6-13)9-12-10-19-21-15(11)12;/h2*3-11,14-15,19H,12-13H2,1H3;2-6,10-11,14H,7-9H2,1H3,(H,18,20);1H4/t2*15-,19-,23+;11-,14-,17+;/m100./s1. The monoisotopic (exact) mass is 1050 g/mol. The molecule has 6 aliphatic rings. The largest absolute Gasteiger partial charge is 0.361 e. The van der Waals surface area contributed by atoms with Crippen LogP contribution in [0.5, 0.6) is 0 Å². The molecule has 0 unspecified atom stereocenters. The summed E-state index contributed by atoms with van der Waals surface area (Å²) >= 11 is 0. The van der Waals surface area contributed by atoms with Crippen molar-refractivity contribution in [1.29, 1.82) is 0 Å². The zero-order valence-corrected chi connectivity index (χ0v) is 42.9. The Balaban J connectivity index is 0.000000143. The summed E-state index contributed by atoms with van der Waals surface area (Å²) in [5.41, 5.74) is 2.33. The summed E-state index contributed by atoms with van der Waals surface area (Å²) in [4.78, 5) is 76.0. The smallest absolute Gasteiger partial charge is 0.240 e. The average molecular weight is 1050 g/mol. The first kappa shape index (κ1) is 54.2. The van der Waals surface area contributed by atoms with E-state index in [2.05, 4.69) is 39.2 Å². The van der Waals surface area contributed by atoms with E-state index in [9.17, 15) is 32.8 Å². The van der Waals surface area contributed by atoms with E-state index < -0.39 is 28.1 Å². The van der Waals surface area contributed by atoms with Crippen molar-refractivity contribution in [3.63, 3.8) is 0 Å². The third-order valence-electron chi connectivity index (χ3n) is 17.2. The van der Waals surface area contributed by atoms with Crippen LogP contribution in [0.4, 0.5) is 20.2 Å². The van der Waals surface area contributed by atoms with Gasteiger partial charge in [0.25, 0.3) is 0 Å². The highest BCUT2D eigenvalue weighted by Gasteiger charge is 2.59. The van der Waals surface area contributed by atoms with Gasteiger partial charge in [0.15, 0.2) is 11.6 Å². The van der Waals surface area contributed by atoms with Crippen LogP contribution in [0.15, 0.2) is 174 Å². The Morgan fingerprint density at radius 2 is 1.00 bits per heavy atom. The second kappa shape index (κ2) is 21.8. The lowest BCUT2D eigenvalue weighted by Gasteiger charge is -2.50. The van der Waals surface area contributed by atoms with Crippen molar-refractivity contribution in [2.75, 3.05) is 29.4 Å². The van der Waals surface area contributed by atoms with Gasteiger partial charge in [0.1, 0.15) is 17.4 Å². The predicted molar refractivity (Wildman–Crippen MR) is 292 cm³/mol. The van der Waals surface area contributed by atoms with Crippen LogP contribution in [0.3, 0.4) is 0 Å². The molecule has 3 fully saturated rings. The maximum atomic E-state index is 13.9. The van der Waals surface area contributed by atoms with Crippen LogP contribution < -0.4 is 15.1 Å². The van der Waals surface area contributed by atoms with Crippen LogP contribution in [0, 0.1) is 54.4 Å². The number of Topliss-reactive ketones (excluding diaryl/α,β-unsaturated/α-hetero) is 2. The first-order chi connectivity index (χ1) is 37.2. The van der Waals surface area contributed by atoms with Gasteiger partial charge >= 0.3 is 0 Å². The van der Waals surface area contributed by atoms with Crippen LogP contribution in [0.25, 0.3) is 9.69 Å². The predicted octanol–water partition coefficient (Wildman–Crippen LogP) is 11.3. The number of nitrogens with one attached hydrogen (secondary N) is 1. The van der Waals surface area contributed by atoms with Gasteiger partial charge in [-0.2, -0.15) is 0 Å². The van der Waals surface area contributed by atoms with E-state index in [1.807, 2.05) is 92.7 Å². The lowest BCUT2D eigenvalue weighted by molar-refractivity contribution is -0.133. The third kappa shape index (κ3) is 8.93. The molecule has 0 spiro atoms. The summed E-state index contributed by atoms with van der Waals surface area (Å²) in [5.74, 6) is -1.21. The highest BCUT2D eigenvalue weighted by molar-refractivity contribution is 6.10. The van der Waals surface area contributed by atoms with Gasteiger partial charge in [-0.3, -0.25) is 14.4 Å². The summed E-state index contributed by atoms with van der Waals surface area (Å²) < 4.78 is 32.2. The average Bonchev–Trinajstić information content (AvgIpc) is 4.07. The molecule has 3 aliphatic carbocycles. The Bertz CT molecular complexity index is 3240. The molecule has 5 aromatic carbocycles. The topological polar surface area (TPSA) is 139 Å². The van der Waals surface area contributed by atoms with Gasteiger partial charge in [-0.05, 0) is 109 Å². The number of amides is 3. The van der Waals surface area contributed by atoms with Gasteiger partial charge in [0.2, 0.25) is 29.1 Å². The van der Waals surface area contributed by atoms with Crippen molar-refractivity contribution in [2.24, 2.45) is 29.6 Å². The number of aromatic nitrogens is 1. The van der Waals surface area contributed by atoms with Gasteiger partial charge in [0.05, 0.1) is 35.6 Å². The minimum absolute atomic E-state index is 0. The number of halogens is 2. The number of hydrogen-bond acceptors (Lipinski definition) is 7. The molecule has 3 amide bonds. The summed E-state index contributed by atoms with van der Waals surface area (Å²) in [7, 11) is 0. The number of hydrogen-bond donors (Lipinski definition) is 1. The van der Waals surface area contributed by atoms with Crippen molar-refractivity contribution < 1.29 is 37.3 Å². The van der Waals surface area contributed by atoms with Crippen LogP contribution in [-0.4, -0.2) is 54.1 Å². The molecule has 0 saturated carbocycles. The van der Waals surface area contributed by atoms with Gasteiger partial charge in [0, 0.05) is 54.3 Å². The van der Waals surface area contributed by atoms with Gasteiger partial charge < -0.3 is 29.2 Å². The van der Waals surface area contributed by atoms with E-state index in [0.29, 0.717) is 43.7 Å². The first-order valence-corrected chi connectivity index (χ1v) is 26.0. The van der Waals surface area contributed by atoms with Gasteiger partial charge in [-0.25, -0.2) is 18.5 Å². The number of anilines is 2. The molecule has 0 bridgehead atoms. The molecule has 9 atom stereocenters. The molecule has 0 radical (unpaired) electrons. The van der Waals surface area contributed by atoms with E-state index in [1.54, 1.807) is 52.4 Å². The Kier molecular flexibility index (Phi) is 15.1. The minimum atomic E-state index is -1.08. The fraction of sp³-hybridized carbons (Fsp3) is 0.312. The molecule has 3 saturated heterocycles. The SMILES string of the molecule is C.C[C@@H]1c2oncc2C[C@]2(c3ccccc3)C(=O)NCC[C@@H]12.[C-]#[N+]C1=C[C@@]2(c3ccccc3)C(=O)N(c3ccc(F)cc3)CC[C@@H]2[C@@H](C)C1=O.[C-]#[N+]C1=C[C@]2(c3ccccc3)C(=O)N(c3ccc(F)cc3)CC[C@H]2[C@H](C)C1=O. The third-order valence-corrected chi connectivity index (χ3v) is 17.2. The number of benzene rings is 5. The van der Waals surface area contributed by atoms with Crippen LogP contribution in [0.1, 0.15) is 81.4 Å². The molecule has 396 valence electrons. The van der Waals surface area contributed by atoms with E-state index in [0.717, 1.165) is 41.0 Å². The van der Waals surface area contributed by atoms with Crippen LogP contribution >= 0.6 is 0 Å². The number of carbonyl (C=O) groups excluding carboxylic acids is 5. The van der Waals surface area contributed by atoms with Gasteiger partial charge in [-0.15, -0.1) is 0 Å². The lowest BCUT2D eigenvalue weighted by Crippen LogP contribution is -2.59. The minimum Gasteiger partial charge on any atom is -0.361 e. The first-order valence-electron chi connectivity index (χ1n) is 26.0. The molecule has 6 aromatic rings. The summed E-state index contributed by atoms with van der Waals surface area (Å²) in [6.45, 7) is 22.3. The van der Waals surface area contributed by atoms with E-state index in [1.165, 1.54) is 24.3 Å². The van der Waals surface area contributed by atoms with Crippen LogP contribution in [0.2, 0.25) is 0 Å². The van der Waals surface area contributed by atoms with Crippen molar-refractivity contribution in [2.45, 2.75) is 76.0 Å². The number of nitrogens with zero attached hydrogens (tertiary/aromatic N) is 5. The lowest BCUT2D eigenvalue weighted by atomic mass is 9.56. The molecule has 1 N–H and O–H groups in total. The number of rotatable bonds is 5. The number of carbonyl (C=O) groups is 5. The molecular formula is C64H60F2N6O6. The zero-order chi connectivity index (χ0) is 54.2. The molecule has 3 aliphatic heterocycles. The zero-order valence-electron chi connectivity index (χ0n) is 42.9. The Hall–Kier alpha value is -8.62. The molecule has 12 nitrogen and oxygen atoms in total. The highest BCUT2D eigenvalue weighted by atomic mass is 19.1. The summed E-state index contributed by atoms with van der Waals surface area (Å²) in [5, 5.41) is 7.03. The van der Waals surface area contributed by atoms with Crippen molar-refractivity contribution >= 4 is 40.7 Å². The quantitative estimate of drug-likeness (QED) is 0.170. The Morgan fingerprint density at radius 3 is 1.42 bits per heavy atom. The fourth-order valence-corrected chi connectivity index (χ4v) is 13.4. The van der Waals surface area contributed by atoms with Gasteiger partial charge in [-0.1, -0.05) is 137 Å². The maximum Gasteiger partial charge on any atom is 0.240 e. The van der Waals surface area contributed by atoms with Crippen molar-refractivity contribution in [1.82, 2.24) is 10.5 Å². The molecule has 4 heterocycles. The number of piperidine rings is 3. The van der Waals surface area contributed by atoms with Crippen molar-refractivity contribution in [3.8, 4) is 0 Å². The maximum absolute atomic E-state index is 13.9. The number of ketones is 2. The van der Waals surface area contributed by atoms with E-state index in [-0.39, 0.29) is 83.4 Å². The Morgan fingerprint density at radius 1 is 0.577 bits per heavy atom. The molecular weight excluding hydrogens is 987 g/mol. The molecule has 1 aromatic heterocycles. The van der Waals surface area contributed by atoms with E-state index >= 15 is 0 Å². The van der Waals surface area contributed by atoms with Crippen LogP contribution in [-0.2, 0) is 46.6 Å². The van der Waals surface area contributed by atoms with Crippen molar-refractivity contribution in [3.05, 3.63) is 232 Å². The fourth-order valence-electron chi connectivity index (χ4n) is 13.4. The molecule has 12 rings (SSSR count). The second-order valence-corrected chi connectivity index (χ2v) is 20.9. The Labute approximate surface area is 453 Å². The second-order valence-electron chi connectivity index (χ2n) is 20.9. The highest BCUT2D eigenvalue weighted by Crippen LogP contribution is 2.53. The summed E-state index contributed by atoms with van der Waals surface area (Å²) in [6, 6.07) is 40.5. The molecule has 78 heavy (non-hydrogen) atoms. The van der Waals surface area contributed by atoms with E-state index in [4.69, 9.17) is 17.7 Å². The molecule has 14 heteroatoms. The summed E-state index contributed by atoms with van der Waals surface area (Å²) in [6.07, 6.45) is 7.80. The number of allylic oxidation sites excluding steroid dienone is 2. The normalized spacial score (nSPS) is 27.8.